The summed E-state index contributed by atoms with van der Waals surface area (Å²) in [6.07, 6.45) is 2.95. The van der Waals surface area contributed by atoms with E-state index in [0.717, 1.165) is 50.0 Å². The molecule has 0 unspecified atom stereocenters. The SMILES string of the molecule is COc1ccc([C@H]2CN(Cc3ccccc3)[C@@H]3CCN(Cc4ccco4)C[C@H]23)cc1OC. The largest absolute Gasteiger partial charge is 0.493 e. The van der Waals surface area contributed by atoms with Crippen molar-refractivity contribution in [2.24, 2.45) is 5.92 Å². The third-order valence-electron chi connectivity index (χ3n) is 7.15. The Kier molecular flexibility index (Phi) is 6.19. The van der Waals surface area contributed by atoms with E-state index >= 15 is 0 Å². The van der Waals surface area contributed by atoms with Crippen LogP contribution in [0.1, 0.15) is 29.2 Å². The van der Waals surface area contributed by atoms with Crippen LogP contribution in [0.4, 0.5) is 0 Å². The molecule has 5 nitrogen and oxygen atoms in total. The van der Waals surface area contributed by atoms with Crippen LogP contribution in [0.5, 0.6) is 11.5 Å². The van der Waals surface area contributed by atoms with E-state index in [4.69, 9.17) is 13.9 Å². The molecule has 2 aliphatic heterocycles. The summed E-state index contributed by atoms with van der Waals surface area (Å²) in [6, 6.07) is 21.9. The van der Waals surface area contributed by atoms with Crippen LogP contribution in [0.2, 0.25) is 0 Å². The summed E-state index contributed by atoms with van der Waals surface area (Å²) in [5.74, 6) is 3.68. The molecule has 3 heterocycles. The molecule has 2 saturated heterocycles. The van der Waals surface area contributed by atoms with Crippen molar-refractivity contribution in [3.63, 3.8) is 0 Å². The maximum absolute atomic E-state index is 5.63. The molecule has 5 heteroatoms. The zero-order chi connectivity index (χ0) is 21.9. The van der Waals surface area contributed by atoms with Crippen molar-refractivity contribution < 1.29 is 13.9 Å². The molecule has 5 rings (SSSR count). The third-order valence-corrected chi connectivity index (χ3v) is 7.15. The molecule has 2 fully saturated rings. The molecule has 0 bridgehead atoms. The average Bonchev–Trinajstić information content (AvgIpc) is 3.47. The minimum Gasteiger partial charge on any atom is -0.493 e. The Morgan fingerprint density at radius 1 is 0.906 bits per heavy atom. The van der Waals surface area contributed by atoms with E-state index in [1.807, 2.05) is 12.1 Å². The molecule has 0 saturated carbocycles. The van der Waals surface area contributed by atoms with Crippen LogP contribution in [0.25, 0.3) is 0 Å². The Morgan fingerprint density at radius 2 is 1.75 bits per heavy atom. The number of ether oxygens (including phenoxy) is 2. The van der Waals surface area contributed by atoms with Gasteiger partial charge in [-0.3, -0.25) is 9.80 Å². The summed E-state index contributed by atoms with van der Waals surface area (Å²) in [5, 5.41) is 0. The highest BCUT2D eigenvalue weighted by molar-refractivity contribution is 5.44. The number of nitrogens with zero attached hydrogens (tertiary/aromatic N) is 2. The average molecular weight is 433 g/mol. The van der Waals surface area contributed by atoms with Crippen LogP contribution < -0.4 is 9.47 Å². The number of furan rings is 1. The molecule has 0 N–H and O–H groups in total. The molecule has 2 aliphatic rings. The maximum atomic E-state index is 5.63. The van der Waals surface area contributed by atoms with Crippen LogP contribution in [0, 0.1) is 5.92 Å². The Morgan fingerprint density at radius 3 is 2.50 bits per heavy atom. The number of likely N-dealkylation sites (tertiary alicyclic amines) is 2. The first-order valence-electron chi connectivity index (χ1n) is 11.5. The highest BCUT2D eigenvalue weighted by atomic mass is 16.5. The van der Waals surface area contributed by atoms with Crippen molar-refractivity contribution in [1.29, 1.82) is 0 Å². The van der Waals surface area contributed by atoms with Gasteiger partial charge in [-0.1, -0.05) is 36.4 Å². The van der Waals surface area contributed by atoms with Crippen LogP contribution in [-0.4, -0.2) is 49.7 Å². The van der Waals surface area contributed by atoms with Gasteiger partial charge in [0.05, 0.1) is 27.0 Å². The van der Waals surface area contributed by atoms with E-state index in [-0.39, 0.29) is 0 Å². The standard InChI is InChI=1S/C27H32N2O3/c1-30-26-11-10-21(15-27(26)31-2)23-19-29(16-20-7-4-3-5-8-20)25-12-13-28(18-24(23)25)17-22-9-6-14-32-22/h3-11,14-15,23-25H,12-13,16-19H2,1-2H3/t23-,24-,25-/m1/s1. The van der Waals surface area contributed by atoms with Crippen LogP contribution in [-0.2, 0) is 13.1 Å². The molecule has 32 heavy (non-hydrogen) atoms. The second kappa shape index (κ2) is 9.39. The van der Waals surface area contributed by atoms with E-state index in [0.29, 0.717) is 17.9 Å². The van der Waals surface area contributed by atoms with Crippen molar-refractivity contribution in [1.82, 2.24) is 9.80 Å². The number of fused-ring (bicyclic) bond motifs is 1. The van der Waals surface area contributed by atoms with Gasteiger partial charge in [0.2, 0.25) is 0 Å². The number of rotatable bonds is 7. The lowest BCUT2D eigenvalue weighted by Crippen LogP contribution is -2.45. The Hall–Kier alpha value is -2.76. The van der Waals surface area contributed by atoms with Gasteiger partial charge in [-0.25, -0.2) is 0 Å². The molecular formula is C27H32N2O3. The Bertz CT molecular complexity index is 1010. The highest BCUT2D eigenvalue weighted by Crippen LogP contribution is 2.44. The first-order valence-corrected chi connectivity index (χ1v) is 11.5. The predicted molar refractivity (Wildman–Crippen MR) is 125 cm³/mol. The predicted octanol–water partition coefficient (Wildman–Crippen LogP) is 4.79. The van der Waals surface area contributed by atoms with Crippen molar-refractivity contribution >= 4 is 0 Å². The molecule has 0 aliphatic carbocycles. The van der Waals surface area contributed by atoms with E-state index < -0.39 is 0 Å². The fourth-order valence-electron chi connectivity index (χ4n) is 5.61. The number of hydrogen-bond acceptors (Lipinski definition) is 5. The third kappa shape index (κ3) is 4.27. The summed E-state index contributed by atoms with van der Waals surface area (Å²) in [5.41, 5.74) is 2.73. The lowest BCUT2D eigenvalue weighted by Gasteiger charge is -2.39. The first-order chi connectivity index (χ1) is 15.7. The van der Waals surface area contributed by atoms with Gasteiger partial charge in [0, 0.05) is 38.1 Å². The minimum absolute atomic E-state index is 0.461. The van der Waals surface area contributed by atoms with E-state index in [9.17, 15) is 0 Å². The Balaban J connectivity index is 1.41. The van der Waals surface area contributed by atoms with Crippen molar-refractivity contribution in [2.75, 3.05) is 33.9 Å². The zero-order valence-electron chi connectivity index (χ0n) is 18.9. The topological polar surface area (TPSA) is 38.1 Å². The van der Waals surface area contributed by atoms with Gasteiger partial charge >= 0.3 is 0 Å². The summed E-state index contributed by atoms with van der Waals surface area (Å²) in [4.78, 5) is 5.26. The molecule has 3 atom stereocenters. The van der Waals surface area contributed by atoms with Gasteiger partial charge in [0.25, 0.3) is 0 Å². The summed E-state index contributed by atoms with van der Waals surface area (Å²) in [6.45, 7) is 5.13. The molecule has 1 aromatic heterocycles. The smallest absolute Gasteiger partial charge is 0.160 e. The summed E-state index contributed by atoms with van der Waals surface area (Å²) >= 11 is 0. The molecule has 0 amide bonds. The zero-order valence-corrected chi connectivity index (χ0v) is 18.9. The number of benzene rings is 2. The molecular weight excluding hydrogens is 400 g/mol. The highest BCUT2D eigenvalue weighted by Gasteiger charge is 2.45. The second-order valence-electron chi connectivity index (χ2n) is 8.97. The van der Waals surface area contributed by atoms with Gasteiger partial charge in [0.15, 0.2) is 11.5 Å². The van der Waals surface area contributed by atoms with E-state index in [2.05, 4.69) is 58.3 Å². The normalized spacial score (nSPS) is 23.8. The lowest BCUT2D eigenvalue weighted by atomic mass is 9.81. The van der Waals surface area contributed by atoms with Crippen LogP contribution in [0.3, 0.4) is 0 Å². The monoisotopic (exact) mass is 432 g/mol. The fraction of sp³-hybridized carbons (Fsp3) is 0.407. The molecule has 3 aromatic rings. The quantitative estimate of drug-likeness (QED) is 0.537. The van der Waals surface area contributed by atoms with Crippen molar-refractivity contribution in [2.45, 2.75) is 31.5 Å². The van der Waals surface area contributed by atoms with Crippen LogP contribution in [0.15, 0.2) is 71.3 Å². The number of hydrogen-bond donors (Lipinski definition) is 0. The van der Waals surface area contributed by atoms with Gasteiger partial charge in [-0.2, -0.15) is 0 Å². The second-order valence-corrected chi connectivity index (χ2v) is 8.97. The molecule has 2 aromatic carbocycles. The van der Waals surface area contributed by atoms with Crippen molar-refractivity contribution in [3.05, 3.63) is 83.8 Å². The minimum atomic E-state index is 0.461. The van der Waals surface area contributed by atoms with Crippen molar-refractivity contribution in [3.8, 4) is 11.5 Å². The lowest BCUT2D eigenvalue weighted by molar-refractivity contribution is 0.0958. The van der Waals surface area contributed by atoms with Crippen LogP contribution >= 0.6 is 0 Å². The summed E-state index contributed by atoms with van der Waals surface area (Å²) in [7, 11) is 3.41. The first kappa shape index (κ1) is 21.1. The van der Waals surface area contributed by atoms with Gasteiger partial charge in [-0.05, 0) is 47.7 Å². The molecule has 168 valence electrons. The Labute approximate surface area is 190 Å². The number of piperidine rings is 1. The van der Waals surface area contributed by atoms with E-state index in [1.165, 1.54) is 17.5 Å². The maximum Gasteiger partial charge on any atom is 0.160 e. The van der Waals surface area contributed by atoms with Gasteiger partial charge in [0.1, 0.15) is 5.76 Å². The molecule has 0 radical (unpaired) electrons. The molecule has 0 spiro atoms. The fourth-order valence-corrected chi connectivity index (χ4v) is 5.61. The van der Waals surface area contributed by atoms with Gasteiger partial charge in [-0.15, -0.1) is 0 Å². The van der Waals surface area contributed by atoms with Gasteiger partial charge < -0.3 is 13.9 Å². The van der Waals surface area contributed by atoms with E-state index in [1.54, 1.807) is 20.5 Å². The number of methoxy groups -OCH3 is 2. The summed E-state index contributed by atoms with van der Waals surface area (Å²) < 4.78 is 16.7.